The zero-order valence-electron chi connectivity index (χ0n) is 12.8. The number of amides is 1. The predicted molar refractivity (Wildman–Crippen MR) is 85.1 cm³/mol. The van der Waals surface area contributed by atoms with Crippen molar-refractivity contribution < 1.29 is 13.2 Å². The Kier molecular flexibility index (Phi) is 4.46. The van der Waals surface area contributed by atoms with Crippen LogP contribution in [-0.2, 0) is 14.6 Å². The molecule has 1 saturated heterocycles. The lowest BCUT2D eigenvalue weighted by Crippen LogP contribution is -2.43. The van der Waals surface area contributed by atoms with Crippen molar-refractivity contribution in [2.45, 2.75) is 38.9 Å². The third-order valence-corrected chi connectivity index (χ3v) is 5.92. The van der Waals surface area contributed by atoms with Crippen LogP contribution in [0.3, 0.4) is 0 Å². The van der Waals surface area contributed by atoms with Crippen molar-refractivity contribution in [3.8, 4) is 0 Å². The van der Waals surface area contributed by atoms with E-state index in [2.05, 4.69) is 5.32 Å². The molecule has 21 heavy (non-hydrogen) atoms. The van der Waals surface area contributed by atoms with Crippen LogP contribution in [0.1, 0.15) is 36.2 Å². The molecule has 0 radical (unpaired) electrons. The topological polar surface area (TPSA) is 66.5 Å². The summed E-state index contributed by atoms with van der Waals surface area (Å²) in [5.74, 6) is -0.0362. The summed E-state index contributed by atoms with van der Waals surface area (Å²) in [5, 5.41) is 3.37. The molecule has 1 aromatic heterocycles. The van der Waals surface area contributed by atoms with Crippen LogP contribution in [0.15, 0.2) is 12.1 Å². The van der Waals surface area contributed by atoms with Gasteiger partial charge in [0.2, 0.25) is 5.91 Å². The normalized spacial score (nSPS) is 26.6. The van der Waals surface area contributed by atoms with Crippen LogP contribution in [0.4, 0.5) is 0 Å². The molecule has 0 spiro atoms. The molecule has 2 rings (SSSR count). The fourth-order valence-corrected chi connectivity index (χ4v) is 3.92. The zero-order chi connectivity index (χ0) is 15.8. The Bertz CT molecular complexity index is 638. The minimum atomic E-state index is -3.10. The summed E-state index contributed by atoms with van der Waals surface area (Å²) >= 11 is 1.63. The minimum Gasteiger partial charge on any atom is -0.319 e. The largest absolute Gasteiger partial charge is 0.319 e. The molecule has 0 saturated carbocycles. The molecule has 0 bridgehead atoms. The number of hydrogen-bond acceptors (Lipinski definition) is 5. The first-order valence-electron chi connectivity index (χ1n) is 6.99. The zero-order valence-corrected chi connectivity index (χ0v) is 14.5. The molecular weight excluding hydrogens is 308 g/mol. The fraction of sp³-hybridized carbons (Fsp3) is 0.643. The second-order valence-electron chi connectivity index (χ2n) is 5.81. The summed E-state index contributed by atoms with van der Waals surface area (Å²) in [6, 6.07) is 4.02. The third-order valence-electron chi connectivity index (χ3n) is 3.94. The van der Waals surface area contributed by atoms with Gasteiger partial charge in [-0.15, -0.1) is 11.3 Å². The number of aryl methyl sites for hydroxylation is 1. The van der Waals surface area contributed by atoms with E-state index in [1.54, 1.807) is 16.2 Å². The number of nitrogens with one attached hydrogen (secondary N) is 1. The number of hydrogen-bond donors (Lipinski definition) is 1. The Hall–Kier alpha value is -0.920. The summed E-state index contributed by atoms with van der Waals surface area (Å²) < 4.78 is 22.8. The maximum absolute atomic E-state index is 12.6. The lowest BCUT2D eigenvalue weighted by molar-refractivity contribution is -0.132. The fourth-order valence-electron chi connectivity index (χ4n) is 2.45. The lowest BCUT2D eigenvalue weighted by Gasteiger charge is -2.23. The maximum Gasteiger partial charge on any atom is 0.244 e. The van der Waals surface area contributed by atoms with Crippen LogP contribution in [0, 0.1) is 6.92 Å². The van der Waals surface area contributed by atoms with E-state index in [1.807, 2.05) is 32.9 Å². The first-order valence-corrected chi connectivity index (χ1v) is 9.87. The SMILES string of the molecule is CCC1(C)NC(c2ccc(C)s2)N(CCS(C)(=O)=O)C1=O. The van der Waals surface area contributed by atoms with Gasteiger partial charge in [-0.2, -0.15) is 0 Å². The van der Waals surface area contributed by atoms with Crippen LogP contribution < -0.4 is 5.32 Å². The molecule has 2 heterocycles. The molecule has 2 atom stereocenters. The minimum absolute atomic E-state index is 0.0128. The highest BCUT2D eigenvalue weighted by molar-refractivity contribution is 7.90. The predicted octanol–water partition coefficient (Wildman–Crippen LogP) is 1.70. The quantitative estimate of drug-likeness (QED) is 0.892. The number of sulfone groups is 1. The summed E-state index contributed by atoms with van der Waals surface area (Å²) in [6.45, 7) is 6.08. The Morgan fingerprint density at radius 1 is 1.43 bits per heavy atom. The van der Waals surface area contributed by atoms with Crippen molar-refractivity contribution in [2.75, 3.05) is 18.6 Å². The Balaban J connectivity index is 2.29. The number of nitrogens with zero attached hydrogens (tertiary/aromatic N) is 1. The summed E-state index contributed by atoms with van der Waals surface area (Å²) in [5.41, 5.74) is -0.625. The molecule has 7 heteroatoms. The highest BCUT2D eigenvalue weighted by Gasteiger charge is 2.47. The average Bonchev–Trinajstić information content (AvgIpc) is 2.91. The standard InChI is InChI=1S/C14H22N2O3S2/c1-5-14(3)13(17)16(8-9-21(4,18)19)12(15-14)11-7-6-10(2)20-11/h6-7,12,15H,5,8-9H2,1-4H3. The average molecular weight is 330 g/mol. The van der Waals surface area contributed by atoms with Crippen molar-refractivity contribution in [2.24, 2.45) is 0 Å². The molecule has 1 aliphatic heterocycles. The number of carbonyl (C=O) groups excluding carboxylic acids is 1. The number of thiophene rings is 1. The highest BCUT2D eigenvalue weighted by Crippen LogP contribution is 2.35. The Morgan fingerprint density at radius 2 is 2.10 bits per heavy atom. The molecule has 118 valence electrons. The lowest BCUT2D eigenvalue weighted by atomic mass is 9.99. The van der Waals surface area contributed by atoms with Gasteiger partial charge in [0.25, 0.3) is 0 Å². The van der Waals surface area contributed by atoms with Gasteiger partial charge in [-0.25, -0.2) is 8.42 Å². The third kappa shape index (κ3) is 3.46. The second kappa shape index (κ2) is 5.70. The maximum atomic E-state index is 12.6. The van der Waals surface area contributed by atoms with Crippen LogP contribution >= 0.6 is 11.3 Å². The van der Waals surface area contributed by atoms with Gasteiger partial charge in [-0.3, -0.25) is 10.1 Å². The first-order chi connectivity index (χ1) is 9.66. The Labute approximate surface area is 130 Å². The van der Waals surface area contributed by atoms with Crippen LogP contribution in [0.25, 0.3) is 0 Å². The van der Waals surface area contributed by atoms with Gasteiger partial charge in [0, 0.05) is 22.6 Å². The molecule has 1 amide bonds. The van der Waals surface area contributed by atoms with E-state index in [0.717, 1.165) is 4.88 Å². The van der Waals surface area contributed by atoms with Gasteiger partial charge in [0.05, 0.1) is 11.3 Å². The van der Waals surface area contributed by atoms with Gasteiger partial charge >= 0.3 is 0 Å². The van der Waals surface area contributed by atoms with E-state index in [4.69, 9.17) is 0 Å². The van der Waals surface area contributed by atoms with Gasteiger partial charge in [-0.1, -0.05) is 6.92 Å². The van der Waals surface area contributed by atoms with Crippen molar-refractivity contribution in [1.82, 2.24) is 10.2 Å². The molecule has 1 N–H and O–H groups in total. The van der Waals surface area contributed by atoms with Crippen molar-refractivity contribution >= 4 is 27.1 Å². The molecular formula is C14H22N2O3S2. The first kappa shape index (κ1) is 16.5. The van der Waals surface area contributed by atoms with E-state index in [1.165, 1.54) is 11.1 Å². The van der Waals surface area contributed by atoms with Gasteiger partial charge in [0.15, 0.2) is 0 Å². The molecule has 0 aliphatic carbocycles. The number of carbonyl (C=O) groups is 1. The Morgan fingerprint density at radius 3 is 2.57 bits per heavy atom. The summed E-state index contributed by atoms with van der Waals surface area (Å²) in [4.78, 5) is 16.5. The summed E-state index contributed by atoms with van der Waals surface area (Å²) in [6.07, 6.45) is 1.63. The molecule has 1 aromatic rings. The van der Waals surface area contributed by atoms with Crippen LogP contribution in [0.2, 0.25) is 0 Å². The molecule has 1 aliphatic rings. The van der Waals surface area contributed by atoms with Crippen LogP contribution in [-0.4, -0.2) is 43.3 Å². The number of rotatable bonds is 5. The van der Waals surface area contributed by atoms with Gasteiger partial charge in [0.1, 0.15) is 16.0 Å². The van der Waals surface area contributed by atoms with E-state index < -0.39 is 15.4 Å². The second-order valence-corrected chi connectivity index (χ2v) is 9.39. The summed E-state index contributed by atoms with van der Waals surface area (Å²) in [7, 11) is -3.10. The van der Waals surface area contributed by atoms with Crippen molar-refractivity contribution in [3.05, 3.63) is 21.9 Å². The van der Waals surface area contributed by atoms with E-state index in [0.29, 0.717) is 6.42 Å². The van der Waals surface area contributed by atoms with E-state index >= 15 is 0 Å². The van der Waals surface area contributed by atoms with Gasteiger partial charge in [-0.05, 0) is 32.4 Å². The van der Waals surface area contributed by atoms with Crippen molar-refractivity contribution in [3.63, 3.8) is 0 Å². The molecule has 5 nitrogen and oxygen atoms in total. The molecule has 1 fully saturated rings. The highest BCUT2D eigenvalue weighted by atomic mass is 32.2. The molecule has 2 unspecified atom stereocenters. The van der Waals surface area contributed by atoms with Gasteiger partial charge < -0.3 is 4.90 Å². The smallest absolute Gasteiger partial charge is 0.244 e. The van der Waals surface area contributed by atoms with E-state index in [-0.39, 0.29) is 24.4 Å². The van der Waals surface area contributed by atoms with Crippen molar-refractivity contribution in [1.29, 1.82) is 0 Å². The molecule has 0 aromatic carbocycles. The monoisotopic (exact) mass is 330 g/mol. The van der Waals surface area contributed by atoms with E-state index in [9.17, 15) is 13.2 Å². The van der Waals surface area contributed by atoms with Crippen LogP contribution in [0.5, 0.6) is 0 Å².